The number of methoxy groups -OCH3 is 1. The summed E-state index contributed by atoms with van der Waals surface area (Å²) in [5.41, 5.74) is 1.16. The van der Waals surface area contributed by atoms with E-state index in [4.69, 9.17) is 9.15 Å². The fourth-order valence-corrected chi connectivity index (χ4v) is 4.33. The Morgan fingerprint density at radius 3 is 2.40 bits per heavy atom. The lowest BCUT2D eigenvalue weighted by molar-refractivity contribution is -0.133. The molecule has 7 heteroatoms. The van der Waals surface area contributed by atoms with Crippen LogP contribution in [0, 0.1) is 6.92 Å². The van der Waals surface area contributed by atoms with E-state index < -0.39 is 0 Å². The average molecular weight is 412 g/mol. The first-order valence-electron chi connectivity index (χ1n) is 10.6. The molecular weight excluding hydrogens is 382 g/mol. The van der Waals surface area contributed by atoms with Crippen LogP contribution < -0.4 is 4.74 Å². The summed E-state index contributed by atoms with van der Waals surface area (Å²) in [4.78, 5) is 31.5. The molecule has 0 spiro atoms. The Bertz CT molecular complexity index is 884. The Morgan fingerprint density at radius 1 is 1.03 bits per heavy atom. The molecule has 0 bridgehead atoms. The minimum absolute atomic E-state index is 0.0758. The topological polar surface area (TPSA) is 66.2 Å². The summed E-state index contributed by atoms with van der Waals surface area (Å²) < 4.78 is 10.7. The zero-order valence-corrected chi connectivity index (χ0v) is 17.7. The fourth-order valence-electron chi connectivity index (χ4n) is 4.33. The molecule has 4 rings (SSSR count). The standard InChI is InChI=1S/C23H29N3O4/c1-17-5-10-21(30-17)23(28)25-14-12-24(13-15-25)16-22(27)26-11-3-4-20(26)18-6-8-19(29-2)9-7-18/h5-10,20H,3-4,11-16H2,1-2H3. The first-order valence-corrected chi connectivity index (χ1v) is 10.6. The van der Waals surface area contributed by atoms with Gasteiger partial charge in [-0.3, -0.25) is 14.5 Å². The largest absolute Gasteiger partial charge is 0.497 e. The number of carbonyl (C=O) groups is 2. The van der Waals surface area contributed by atoms with Crippen LogP contribution in [0.2, 0.25) is 0 Å². The Balaban J connectivity index is 1.31. The number of nitrogens with zero attached hydrogens (tertiary/aromatic N) is 3. The van der Waals surface area contributed by atoms with E-state index >= 15 is 0 Å². The molecule has 0 radical (unpaired) electrons. The number of hydrogen-bond donors (Lipinski definition) is 0. The highest BCUT2D eigenvalue weighted by Crippen LogP contribution is 2.33. The van der Waals surface area contributed by atoms with E-state index in [2.05, 4.69) is 17.0 Å². The third-order valence-electron chi connectivity index (χ3n) is 6.04. The molecule has 160 valence electrons. The molecule has 0 N–H and O–H groups in total. The third-order valence-corrected chi connectivity index (χ3v) is 6.04. The van der Waals surface area contributed by atoms with Crippen molar-refractivity contribution in [3.8, 4) is 5.75 Å². The van der Waals surface area contributed by atoms with Crippen molar-refractivity contribution in [2.24, 2.45) is 0 Å². The molecule has 2 saturated heterocycles. The molecule has 2 fully saturated rings. The van der Waals surface area contributed by atoms with Crippen molar-refractivity contribution in [2.75, 3.05) is 46.4 Å². The molecule has 0 aliphatic carbocycles. The van der Waals surface area contributed by atoms with Crippen LogP contribution in [0.15, 0.2) is 40.8 Å². The Labute approximate surface area is 177 Å². The van der Waals surface area contributed by atoms with Gasteiger partial charge in [0.1, 0.15) is 11.5 Å². The number of hydrogen-bond acceptors (Lipinski definition) is 5. The highest BCUT2D eigenvalue weighted by atomic mass is 16.5. The summed E-state index contributed by atoms with van der Waals surface area (Å²) in [6.07, 6.45) is 2.01. The minimum Gasteiger partial charge on any atom is -0.497 e. The van der Waals surface area contributed by atoms with E-state index in [0.29, 0.717) is 38.5 Å². The van der Waals surface area contributed by atoms with Gasteiger partial charge in [0.15, 0.2) is 5.76 Å². The quantitative estimate of drug-likeness (QED) is 0.757. The van der Waals surface area contributed by atoms with Crippen LogP contribution >= 0.6 is 0 Å². The molecular formula is C23H29N3O4. The SMILES string of the molecule is COc1ccc(C2CCCN2C(=O)CN2CCN(C(=O)c3ccc(C)o3)CC2)cc1. The number of carbonyl (C=O) groups excluding carboxylic acids is 2. The lowest BCUT2D eigenvalue weighted by Crippen LogP contribution is -2.51. The maximum atomic E-state index is 13.0. The second kappa shape index (κ2) is 8.92. The summed E-state index contributed by atoms with van der Waals surface area (Å²) in [6.45, 7) is 5.62. The molecule has 7 nitrogen and oxygen atoms in total. The molecule has 1 aromatic heterocycles. The molecule has 1 unspecified atom stereocenters. The van der Waals surface area contributed by atoms with E-state index in [-0.39, 0.29) is 17.9 Å². The van der Waals surface area contributed by atoms with Gasteiger partial charge in [0, 0.05) is 32.7 Å². The lowest BCUT2D eigenvalue weighted by Gasteiger charge is -2.35. The smallest absolute Gasteiger partial charge is 0.289 e. The van der Waals surface area contributed by atoms with Crippen molar-refractivity contribution < 1.29 is 18.7 Å². The van der Waals surface area contributed by atoms with E-state index in [1.165, 1.54) is 0 Å². The third kappa shape index (κ3) is 4.36. The molecule has 2 amide bonds. The van der Waals surface area contributed by atoms with Crippen molar-refractivity contribution in [3.05, 3.63) is 53.5 Å². The molecule has 1 atom stereocenters. The van der Waals surface area contributed by atoms with Crippen LogP contribution in [0.5, 0.6) is 5.75 Å². The van der Waals surface area contributed by atoms with Crippen LogP contribution in [0.3, 0.4) is 0 Å². The van der Waals surface area contributed by atoms with Crippen LogP contribution in [0.25, 0.3) is 0 Å². The van der Waals surface area contributed by atoms with Gasteiger partial charge < -0.3 is 19.0 Å². The summed E-state index contributed by atoms with van der Waals surface area (Å²) >= 11 is 0. The monoisotopic (exact) mass is 411 g/mol. The van der Waals surface area contributed by atoms with E-state index in [9.17, 15) is 9.59 Å². The van der Waals surface area contributed by atoms with Gasteiger partial charge >= 0.3 is 0 Å². The van der Waals surface area contributed by atoms with E-state index in [1.807, 2.05) is 24.0 Å². The van der Waals surface area contributed by atoms with Crippen molar-refractivity contribution in [1.29, 1.82) is 0 Å². The van der Waals surface area contributed by atoms with Crippen molar-refractivity contribution >= 4 is 11.8 Å². The number of piperazine rings is 1. The van der Waals surface area contributed by atoms with Crippen LogP contribution in [0.4, 0.5) is 0 Å². The fraction of sp³-hybridized carbons (Fsp3) is 0.478. The molecule has 0 saturated carbocycles. The predicted molar refractivity (Wildman–Crippen MR) is 112 cm³/mol. The molecule has 2 aliphatic heterocycles. The van der Waals surface area contributed by atoms with Crippen LogP contribution in [0.1, 0.15) is 40.8 Å². The van der Waals surface area contributed by atoms with Crippen LogP contribution in [-0.4, -0.2) is 72.9 Å². The number of amides is 2. The number of rotatable bonds is 5. The maximum Gasteiger partial charge on any atom is 0.289 e. The minimum atomic E-state index is -0.0758. The second-order valence-corrected chi connectivity index (χ2v) is 8.00. The molecule has 1 aromatic carbocycles. The summed E-state index contributed by atoms with van der Waals surface area (Å²) in [5, 5.41) is 0. The molecule has 2 aromatic rings. The van der Waals surface area contributed by atoms with Gasteiger partial charge in [-0.15, -0.1) is 0 Å². The van der Waals surface area contributed by atoms with Gasteiger partial charge in [-0.25, -0.2) is 0 Å². The normalized spacial score (nSPS) is 19.9. The van der Waals surface area contributed by atoms with Crippen LogP contribution in [-0.2, 0) is 4.79 Å². The molecule has 3 heterocycles. The van der Waals surface area contributed by atoms with Gasteiger partial charge in [-0.1, -0.05) is 12.1 Å². The number of aryl methyl sites for hydroxylation is 1. The second-order valence-electron chi connectivity index (χ2n) is 8.00. The summed E-state index contributed by atoms with van der Waals surface area (Å²) in [7, 11) is 1.66. The van der Waals surface area contributed by atoms with E-state index in [0.717, 1.165) is 36.5 Å². The number of furan rings is 1. The van der Waals surface area contributed by atoms with Gasteiger partial charge in [-0.2, -0.15) is 0 Å². The first kappa shape index (κ1) is 20.5. The number of likely N-dealkylation sites (tertiary alicyclic amines) is 1. The first-order chi connectivity index (χ1) is 14.5. The molecule has 2 aliphatic rings. The highest BCUT2D eigenvalue weighted by Gasteiger charge is 2.32. The van der Waals surface area contributed by atoms with E-state index in [1.54, 1.807) is 24.1 Å². The van der Waals surface area contributed by atoms with Crippen molar-refractivity contribution in [1.82, 2.24) is 14.7 Å². The Kier molecular flexibility index (Phi) is 6.08. The van der Waals surface area contributed by atoms with Gasteiger partial charge in [0.05, 0.1) is 19.7 Å². The summed E-state index contributed by atoms with van der Waals surface area (Å²) in [6, 6.07) is 11.7. The Morgan fingerprint density at radius 2 is 1.77 bits per heavy atom. The maximum absolute atomic E-state index is 13.0. The predicted octanol–water partition coefficient (Wildman–Crippen LogP) is 2.72. The zero-order valence-electron chi connectivity index (χ0n) is 17.7. The highest BCUT2D eigenvalue weighted by molar-refractivity contribution is 5.91. The van der Waals surface area contributed by atoms with Crippen molar-refractivity contribution in [2.45, 2.75) is 25.8 Å². The lowest BCUT2D eigenvalue weighted by atomic mass is 10.0. The molecule has 30 heavy (non-hydrogen) atoms. The van der Waals surface area contributed by atoms with Gasteiger partial charge in [-0.05, 0) is 49.6 Å². The summed E-state index contributed by atoms with van der Waals surface area (Å²) in [5.74, 6) is 2.03. The zero-order chi connectivity index (χ0) is 21.1. The average Bonchev–Trinajstić information content (AvgIpc) is 3.43. The van der Waals surface area contributed by atoms with Gasteiger partial charge in [0.25, 0.3) is 5.91 Å². The van der Waals surface area contributed by atoms with Gasteiger partial charge in [0.2, 0.25) is 5.91 Å². The Hall–Kier alpha value is -2.80. The number of ether oxygens (including phenoxy) is 1. The number of benzene rings is 1. The van der Waals surface area contributed by atoms with Crippen molar-refractivity contribution in [3.63, 3.8) is 0 Å².